The Morgan fingerprint density at radius 3 is 2.56 bits per heavy atom. The van der Waals surface area contributed by atoms with E-state index in [2.05, 4.69) is 9.88 Å². The molecule has 0 saturated carbocycles. The summed E-state index contributed by atoms with van der Waals surface area (Å²) >= 11 is 0. The Hall–Kier alpha value is -1.58. The summed E-state index contributed by atoms with van der Waals surface area (Å²) in [5, 5.41) is 9.23. The van der Waals surface area contributed by atoms with Gasteiger partial charge in [-0.1, -0.05) is 0 Å². The highest BCUT2D eigenvalue weighted by atomic mass is 16.4. The maximum absolute atomic E-state index is 11.2. The fourth-order valence-electron chi connectivity index (χ4n) is 2.24. The number of hydrogen-bond donors (Lipinski definition) is 1. The molecule has 0 spiro atoms. The second kappa shape index (κ2) is 4.12. The van der Waals surface area contributed by atoms with E-state index in [1.54, 1.807) is 0 Å². The van der Waals surface area contributed by atoms with Crippen LogP contribution in [0.25, 0.3) is 0 Å². The highest BCUT2D eigenvalue weighted by Gasteiger charge is 2.22. The normalized spacial score (nSPS) is 15.5. The number of hydrogen-bond acceptors (Lipinski definition) is 3. The predicted octanol–water partition coefficient (Wildman–Crippen LogP) is 2.00. The van der Waals surface area contributed by atoms with E-state index in [1.165, 1.54) is 0 Å². The van der Waals surface area contributed by atoms with E-state index in [1.807, 2.05) is 19.9 Å². The van der Waals surface area contributed by atoms with Gasteiger partial charge in [0.2, 0.25) is 0 Å². The van der Waals surface area contributed by atoms with Crippen molar-refractivity contribution in [1.82, 2.24) is 4.98 Å². The van der Waals surface area contributed by atoms with Crippen LogP contribution in [0.4, 0.5) is 5.82 Å². The minimum absolute atomic E-state index is 0.354. The molecular formula is C12H16N2O2. The van der Waals surface area contributed by atoms with Crippen molar-refractivity contribution in [3.05, 3.63) is 22.9 Å². The number of anilines is 1. The molecule has 16 heavy (non-hydrogen) atoms. The zero-order valence-corrected chi connectivity index (χ0v) is 9.66. The van der Waals surface area contributed by atoms with Crippen molar-refractivity contribution in [2.75, 3.05) is 18.0 Å². The molecule has 1 aliphatic heterocycles. The molecule has 86 valence electrons. The number of carboxylic acid groups (broad SMARTS) is 1. The summed E-state index contributed by atoms with van der Waals surface area (Å²) in [5.41, 5.74) is 2.03. The van der Waals surface area contributed by atoms with Crippen LogP contribution in [0.3, 0.4) is 0 Å². The maximum atomic E-state index is 11.2. The molecule has 1 aromatic rings. The molecule has 0 amide bonds. The van der Waals surface area contributed by atoms with Crippen LogP contribution in [0.15, 0.2) is 6.07 Å². The lowest BCUT2D eigenvalue weighted by atomic mass is 10.1. The third-order valence-corrected chi connectivity index (χ3v) is 2.95. The van der Waals surface area contributed by atoms with Gasteiger partial charge in [0.25, 0.3) is 0 Å². The average molecular weight is 220 g/mol. The molecule has 1 N–H and O–H groups in total. The van der Waals surface area contributed by atoms with E-state index >= 15 is 0 Å². The topological polar surface area (TPSA) is 53.4 Å². The van der Waals surface area contributed by atoms with Gasteiger partial charge in [-0.3, -0.25) is 0 Å². The molecule has 0 radical (unpaired) electrons. The second-order valence-corrected chi connectivity index (χ2v) is 4.28. The standard InChI is InChI=1S/C12H16N2O2/c1-8-7-9(2)13-11(10(8)12(15)16)14-5-3-4-6-14/h7H,3-6H2,1-2H3,(H,15,16). The molecule has 4 nitrogen and oxygen atoms in total. The number of nitrogens with zero attached hydrogens (tertiary/aromatic N) is 2. The fourth-order valence-corrected chi connectivity index (χ4v) is 2.24. The minimum Gasteiger partial charge on any atom is -0.478 e. The third kappa shape index (κ3) is 1.87. The van der Waals surface area contributed by atoms with Crippen molar-refractivity contribution in [1.29, 1.82) is 0 Å². The van der Waals surface area contributed by atoms with Crippen LogP contribution < -0.4 is 4.90 Å². The van der Waals surface area contributed by atoms with Crippen molar-refractivity contribution in [2.45, 2.75) is 26.7 Å². The lowest BCUT2D eigenvalue weighted by molar-refractivity contribution is 0.0696. The van der Waals surface area contributed by atoms with Gasteiger partial charge in [-0.25, -0.2) is 9.78 Å². The van der Waals surface area contributed by atoms with Gasteiger partial charge in [-0.05, 0) is 38.3 Å². The minimum atomic E-state index is -0.882. The van der Waals surface area contributed by atoms with Gasteiger partial charge < -0.3 is 10.0 Å². The number of rotatable bonds is 2. The average Bonchev–Trinajstić information content (AvgIpc) is 2.67. The number of aryl methyl sites for hydroxylation is 2. The summed E-state index contributed by atoms with van der Waals surface area (Å²) in [5.74, 6) is -0.241. The molecule has 2 rings (SSSR count). The molecule has 1 aliphatic rings. The highest BCUT2D eigenvalue weighted by molar-refractivity contribution is 5.95. The fraction of sp³-hybridized carbons (Fsp3) is 0.500. The molecule has 1 fully saturated rings. The summed E-state index contributed by atoms with van der Waals surface area (Å²) in [6.07, 6.45) is 2.24. The first-order chi connectivity index (χ1) is 7.59. The van der Waals surface area contributed by atoms with Gasteiger partial charge >= 0.3 is 5.97 Å². The largest absolute Gasteiger partial charge is 0.478 e. The van der Waals surface area contributed by atoms with Crippen LogP contribution in [0.2, 0.25) is 0 Å². The first kappa shape index (κ1) is 10.9. The smallest absolute Gasteiger partial charge is 0.339 e. The van der Waals surface area contributed by atoms with Gasteiger partial charge in [-0.2, -0.15) is 0 Å². The first-order valence-corrected chi connectivity index (χ1v) is 5.56. The number of carbonyl (C=O) groups is 1. The van der Waals surface area contributed by atoms with Gasteiger partial charge in [0.15, 0.2) is 0 Å². The molecule has 0 unspecified atom stereocenters. The summed E-state index contributed by atoms with van der Waals surface area (Å²) in [4.78, 5) is 17.7. The van der Waals surface area contributed by atoms with Crippen LogP contribution in [-0.2, 0) is 0 Å². The number of pyridine rings is 1. The van der Waals surface area contributed by atoms with Crippen LogP contribution >= 0.6 is 0 Å². The predicted molar refractivity (Wildman–Crippen MR) is 62.1 cm³/mol. The zero-order valence-electron chi connectivity index (χ0n) is 9.66. The zero-order chi connectivity index (χ0) is 11.7. The Labute approximate surface area is 94.9 Å². The van der Waals surface area contributed by atoms with E-state index in [4.69, 9.17) is 0 Å². The van der Waals surface area contributed by atoms with Crippen molar-refractivity contribution in [3.8, 4) is 0 Å². The number of aromatic carboxylic acids is 1. The van der Waals surface area contributed by atoms with Crippen LogP contribution in [0.5, 0.6) is 0 Å². The summed E-state index contributed by atoms with van der Waals surface area (Å²) in [6, 6.07) is 1.82. The van der Waals surface area contributed by atoms with Crippen molar-refractivity contribution < 1.29 is 9.90 Å². The van der Waals surface area contributed by atoms with E-state index < -0.39 is 5.97 Å². The molecule has 1 saturated heterocycles. The molecule has 0 aromatic carbocycles. The Balaban J connectivity index is 2.52. The SMILES string of the molecule is Cc1cc(C)c(C(=O)O)c(N2CCCC2)n1. The molecule has 0 atom stereocenters. The first-order valence-electron chi connectivity index (χ1n) is 5.56. The van der Waals surface area contributed by atoms with Crippen LogP contribution in [0, 0.1) is 13.8 Å². The van der Waals surface area contributed by atoms with E-state index in [9.17, 15) is 9.90 Å². The van der Waals surface area contributed by atoms with Crippen LogP contribution in [0.1, 0.15) is 34.5 Å². The van der Waals surface area contributed by atoms with Gasteiger partial charge in [0, 0.05) is 18.8 Å². The molecule has 0 aliphatic carbocycles. The Morgan fingerprint density at radius 1 is 1.38 bits per heavy atom. The van der Waals surface area contributed by atoms with Crippen molar-refractivity contribution in [2.24, 2.45) is 0 Å². The highest BCUT2D eigenvalue weighted by Crippen LogP contribution is 2.25. The summed E-state index contributed by atoms with van der Waals surface area (Å²) < 4.78 is 0. The Kier molecular flexibility index (Phi) is 2.81. The lowest BCUT2D eigenvalue weighted by Crippen LogP contribution is -2.23. The summed E-state index contributed by atoms with van der Waals surface area (Å²) in [7, 11) is 0. The van der Waals surface area contributed by atoms with Crippen molar-refractivity contribution in [3.63, 3.8) is 0 Å². The van der Waals surface area contributed by atoms with Gasteiger partial charge in [0.05, 0.1) is 0 Å². The molecule has 2 heterocycles. The molecule has 1 aromatic heterocycles. The van der Waals surface area contributed by atoms with Gasteiger partial charge in [0.1, 0.15) is 11.4 Å². The molecule has 0 bridgehead atoms. The number of carboxylic acids is 1. The lowest BCUT2D eigenvalue weighted by Gasteiger charge is -2.20. The summed E-state index contributed by atoms with van der Waals surface area (Å²) in [6.45, 7) is 5.56. The van der Waals surface area contributed by atoms with E-state index in [0.717, 1.165) is 37.2 Å². The molecule has 4 heteroatoms. The Bertz CT molecular complexity index is 423. The Morgan fingerprint density at radius 2 is 2.00 bits per heavy atom. The quantitative estimate of drug-likeness (QED) is 0.828. The van der Waals surface area contributed by atoms with Crippen LogP contribution in [-0.4, -0.2) is 29.1 Å². The van der Waals surface area contributed by atoms with Gasteiger partial charge in [-0.15, -0.1) is 0 Å². The third-order valence-electron chi connectivity index (χ3n) is 2.95. The van der Waals surface area contributed by atoms with E-state index in [0.29, 0.717) is 11.4 Å². The molecular weight excluding hydrogens is 204 g/mol. The second-order valence-electron chi connectivity index (χ2n) is 4.28. The monoisotopic (exact) mass is 220 g/mol. The maximum Gasteiger partial charge on any atom is 0.339 e. The van der Waals surface area contributed by atoms with Crippen molar-refractivity contribution >= 4 is 11.8 Å². The number of aromatic nitrogens is 1. The van der Waals surface area contributed by atoms with E-state index in [-0.39, 0.29) is 0 Å².